The number of Topliss-reactive ketones (excluding diaryl/α,β-unsaturated/α-hetero) is 1. The summed E-state index contributed by atoms with van der Waals surface area (Å²) in [4.78, 5) is 25.8. The molecule has 0 spiro atoms. The molecule has 0 unspecified atom stereocenters. The van der Waals surface area contributed by atoms with Crippen LogP contribution in [0.4, 0.5) is 10.5 Å². The van der Waals surface area contributed by atoms with E-state index in [-0.39, 0.29) is 12.4 Å². The van der Waals surface area contributed by atoms with E-state index in [1.807, 2.05) is 36.4 Å². The number of ether oxygens (including phenoxy) is 1. The zero-order chi connectivity index (χ0) is 15.5. The summed E-state index contributed by atoms with van der Waals surface area (Å²) in [5, 5.41) is 0. The fourth-order valence-corrected chi connectivity index (χ4v) is 2.78. The second kappa shape index (κ2) is 6.32. The first-order chi connectivity index (χ1) is 10.6. The number of hydrogen-bond acceptors (Lipinski definition) is 3. The number of anilines is 1. The molecular formula is C17H14BrNO3. The molecule has 0 saturated carbocycles. The molecule has 4 nitrogen and oxygen atoms in total. The Bertz CT molecular complexity index is 715. The fourth-order valence-electron chi connectivity index (χ4n) is 2.42. The molecule has 0 atom stereocenters. The highest BCUT2D eigenvalue weighted by molar-refractivity contribution is 9.10. The van der Waals surface area contributed by atoms with Crippen molar-refractivity contribution in [3.63, 3.8) is 0 Å². The van der Waals surface area contributed by atoms with Crippen LogP contribution in [-0.2, 0) is 11.3 Å². The number of carbonyl (C=O) groups excluding carboxylic acids is 2. The van der Waals surface area contributed by atoms with E-state index in [1.54, 1.807) is 12.1 Å². The van der Waals surface area contributed by atoms with Crippen LogP contribution in [0.25, 0.3) is 0 Å². The van der Waals surface area contributed by atoms with Gasteiger partial charge in [-0.25, -0.2) is 4.79 Å². The molecule has 5 heteroatoms. The Balaban J connectivity index is 1.77. The van der Waals surface area contributed by atoms with Crippen molar-refractivity contribution in [1.82, 2.24) is 0 Å². The minimum Gasteiger partial charge on any atom is -0.444 e. The molecule has 1 aliphatic rings. The standard InChI is InChI=1S/C17H14BrNO3/c18-13-6-7-15-14(10-13)16(20)8-9-19(15)17(21)22-11-12-4-2-1-3-5-12/h1-7,10H,8-9,11H2. The summed E-state index contributed by atoms with van der Waals surface area (Å²) in [5.74, 6) is 0.0448. The van der Waals surface area contributed by atoms with E-state index in [2.05, 4.69) is 15.9 Å². The highest BCUT2D eigenvalue weighted by atomic mass is 79.9. The van der Waals surface area contributed by atoms with Crippen LogP contribution in [-0.4, -0.2) is 18.4 Å². The van der Waals surface area contributed by atoms with E-state index in [4.69, 9.17) is 4.74 Å². The van der Waals surface area contributed by atoms with Crippen molar-refractivity contribution in [1.29, 1.82) is 0 Å². The predicted octanol–water partition coefficient (Wildman–Crippen LogP) is 4.18. The molecule has 0 bridgehead atoms. The molecule has 22 heavy (non-hydrogen) atoms. The van der Waals surface area contributed by atoms with Gasteiger partial charge in [0.2, 0.25) is 0 Å². The van der Waals surface area contributed by atoms with Crippen molar-refractivity contribution in [2.24, 2.45) is 0 Å². The summed E-state index contributed by atoms with van der Waals surface area (Å²) < 4.78 is 6.17. The maximum absolute atomic E-state index is 12.3. The fraction of sp³-hybridized carbons (Fsp3) is 0.176. The number of fused-ring (bicyclic) bond motifs is 1. The zero-order valence-electron chi connectivity index (χ0n) is 11.8. The van der Waals surface area contributed by atoms with Crippen LogP contribution >= 0.6 is 15.9 Å². The van der Waals surface area contributed by atoms with Gasteiger partial charge in [-0.05, 0) is 23.8 Å². The number of benzene rings is 2. The summed E-state index contributed by atoms with van der Waals surface area (Å²) in [7, 11) is 0. The van der Waals surface area contributed by atoms with Gasteiger partial charge in [-0.3, -0.25) is 9.69 Å². The Hall–Kier alpha value is -2.14. The first-order valence-electron chi connectivity index (χ1n) is 6.96. The minimum atomic E-state index is -0.431. The van der Waals surface area contributed by atoms with Gasteiger partial charge in [0.05, 0.1) is 5.69 Å². The largest absolute Gasteiger partial charge is 0.444 e. The summed E-state index contributed by atoms with van der Waals surface area (Å²) in [6.45, 7) is 0.567. The molecule has 1 aliphatic heterocycles. The van der Waals surface area contributed by atoms with Gasteiger partial charge in [0.1, 0.15) is 6.61 Å². The lowest BCUT2D eigenvalue weighted by molar-refractivity contribution is 0.0977. The average Bonchev–Trinajstić information content (AvgIpc) is 2.54. The SMILES string of the molecule is O=C1CCN(C(=O)OCc2ccccc2)c2ccc(Br)cc21. The van der Waals surface area contributed by atoms with E-state index in [9.17, 15) is 9.59 Å². The molecule has 0 saturated heterocycles. The molecule has 0 fully saturated rings. The number of hydrogen-bond donors (Lipinski definition) is 0. The van der Waals surface area contributed by atoms with Crippen LogP contribution in [0.1, 0.15) is 22.3 Å². The molecule has 112 valence electrons. The molecule has 3 rings (SSSR count). The van der Waals surface area contributed by atoms with E-state index >= 15 is 0 Å². The maximum atomic E-state index is 12.3. The third kappa shape index (κ3) is 3.04. The smallest absolute Gasteiger partial charge is 0.414 e. The van der Waals surface area contributed by atoms with E-state index < -0.39 is 6.09 Å². The lowest BCUT2D eigenvalue weighted by Crippen LogP contribution is -2.37. The van der Waals surface area contributed by atoms with Crippen molar-refractivity contribution < 1.29 is 14.3 Å². The van der Waals surface area contributed by atoms with Gasteiger partial charge in [-0.15, -0.1) is 0 Å². The molecule has 2 aromatic rings. The molecule has 2 aromatic carbocycles. The minimum absolute atomic E-state index is 0.0448. The van der Waals surface area contributed by atoms with Crippen molar-refractivity contribution in [2.75, 3.05) is 11.4 Å². The topological polar surface area (TPSA) is 46.6 Å². The lowest BCUT2D eigenvalue weighted by atomic mass is 10.0. The van der Waals surface area contributed by atoms with Crippen molar-refractivity contribution in [3.8, 4) is 0 Å². The Kier molecular flexibility index (Phi) is 4.24. The number of carbonyl (C=O) groups is 2. The van der Waals surface area contributed by atoms with Gasteiger partial charge >= 0.3 is 6.09 Å². The Morgan fingerprint density at radius 3 is 2.73 bits per heavy atom. The molecule has 0 aliphatic carbocycles. The van der Waals surface area contributed by atoms with Gasteiger partial charge < -0.3 is 4.74 Å². The lowest BCUT2D eigenvalue weighted by Gasteiger charge is -2.28. The van der Waals surface area contributed by atoms with Crippen molar-refractivity contribution in [2.45, 2.75) is 13.0 Å². The summed E-state index contributed by atoms with van der Waals surface area (Å²) in [6.07, 6.45) is -0.121. The number of amides is 1. The molecule has 0 radical (unpaired) electrons. The second-order valence-electron chi connectivity index (χ2n) is 5.03. The van der Waals surface area contributed by atoms with Gasteiger partial charge in [0.25, 0.3) is 0 Å². The number of rotatable bonds is 2. The number of nitrogens with zero attached hydrogens (tertiary/aromatic N) is 1. The van der Waals surface area contributed by atoms with E-state index in [0.29, 0.717) is 24.2 Å². The normalized spacial score (nSPS) is 13.7. The first-order valence-corrected chi connectivity index (χ1v) is 7.75. The molecule has 0 N–H and O–H groups in total. The van der Waals surface area contributed by atoms with Gasteiger partial charge in [0, 0.05) is 23.0 Å². The van der Waals surface area contributed by atoms with Gasteiger partial charge in [-0.1, -0.05) is 46.3 Å². The summed E-state index contributed by atoms with van der Waals surface area (Å²) in [5.41, 5.74) is 2.09. The average molecular weight is 360 g/mol. The quantitative estimate of drug-likeness (QED) is 0.807. The van der Waals surface area contributed by atoms with E-state index in [1.165, 1.54) is 4.90 Å². The molecule has 1 amide bonds. The number of halogens is 1. The predicted molar refractivity (Wildman–Crippen MR) is 87.1 cm³/mol. The van der Waals surface area contributed by atoms with Gasteiger partial charge in [-0.2, -0.15) is 0 Å². The monoisotopic (exact) mass is 359 g/mol. The van der Waals surface area contributed by atoms with Crippen LogP contribution in [0.2, 0.25) is 0 Å². The Morgan fingerprint density at radius 2 is 1.95 bits per heavy atom. The van der Waals surface area contributed by atoms with Crippen LogP contribution in [0.5, 0.6) is 0 Å². The third-order valence-electron chi connectivity index (χ3n) is 3.54. The van der Waals surface area contributed by atoms with Crippen molar-refractivity contribution >= 4 is 33.5 Å². The highest BCUT2D eigenvalue weighted by Crippen LogP contribution is 2.30. The Labute approximate surface area is 136 Å². The third-order valence-corrected chi connectivity index (χ3v) is 4.03. The van der Waals surface area contributed by atoms with Crippen LogP contribution < -0.4 is 4.90 Å². The summed E-state index contributed by atoms with van der Waals surface area (Å²) in [6, 6.07) is 14.8. The van der Waals surface area contributed by atoms with Crippen LogP contribution in [0, 0.1) is 0 Å². The second-order valence-corrected chi connectivity index (χ2v) is 5.94. The molecular weight excluding hydrogens is 346 g/mol. The first kappa shape index (κ1) is 14.8. The summed E-state index contributed by atoms with van der Waals surface area (Å²) >= 11 is 3.35. The highest BCUT2D eigenvalue weighted by Gasteiger charge is 2.28. The van der Waals surface area contributed by atoms with Gasteiger partial charge in [0.15, 0.2) is 5.78 Å². The van der Waals surface area contributed by atoms with Crippen LogP contribution in [0.15, 0.2) is 53.0 Å². The maximum Gasteiger partial charge on any atom is 0.414 e. The number of ketones is 1. The zero-order valence-corrected chi connectivity index (χ0v) is 13.4. The van der Waals surface area contributed by atoms with E-state index in [0.717, 1.165) is 10.0 Å². The van der Waals surface area contributed by atoms with Crippen molar-refractivity contribution in [3.05, 3.63) is 64.1 Å². The Morgan fingerprint density at radius 1 is 1.18 bits per heavy atom. The molecule has 0 aromatic heterocycles. The van der Waals surface area contributed by atoms with Crippen LogP contribution in [0.3, 0.4) is 0 Å². The molecule has 1 heterocycles.